The summed E-state index contributed by atoms with van der Waals surface area (Å²) >= 11 is 0. The van der Waals surface area contributed by atoms with Gasteiger partial charge in [0.2, 0.25) is 0 Å². The van der Waals surface area contributed by atoms with Crippen LogP contribution in [0.1, 0.15) is 5.76 Å². The van der Waals surface area contributed by atoms with Gasteiger partial charge in [-0.15, -0.1) is 0 Å². The number of alkyl halides is 2. The SMILES string of the molecule is NCC(F)(F)Cc1ccc([N+](=O)[O-])o1. The van der Waals surface area contributed by atoms with E-state index in [0.29, 0.717) is 0 Å². The first-order valence-corrected chi connectivity index (χ1v) is 3.75. The smallest absolute Gasteiger partial charge is 0.406 e. The van der Waals surface area contributed by atoms with Gasteiger partial charge in [-0.1, -0.05) is 0 Å². The number of furan rings is 1. The Hall–Kier alpha value is -1.50. The van der Waals surface area contributed by atoms with E-state index >= 15 is 0 Å². The van der Waals surface area contributed by atoms with Crippen LogP contribution in [-0.2, 0) is 6.42 Å². The fourth-order valence-corrected chi connectivity index (χ4v) is 0.887. The first kappa shape index (κ1) is 10.6. The van der Waals surface area contributed by atoms with Crippen LogP contribution in [0.4, 0.5) is 14.7 Å². The molecule has 1 heterocycles. The maximum Gasteiger partial charge on any atom is 0.433 e. The Bertz CT molecular complexity index is 337. The van der Waals surface area contributed by atoms with Crippen LogP contribution in [0.2, 0.25) is 0 Å². The first-order valence-electron chi connectivity index (χ1n) is 3.75. The van der Waals surface area contributed by atoms with Gasteiger partial charge in [0.1, 0.15) is 10.7 Å². The van der Waals surface area contributed by atoms with Crippen molar-refractivity contribution in [1.82, 2.24) is 0 Å². The number of rotatable bonds is 4. The highest BCUT2D eigenvalue weighted by Gasteiger charge is 2.29. The second kappa shape index (κ2) is 3.70. The van der Waals surface area contributed by atoms with Gasteiger partial charge in [-0.05, 0) is 6.07 Å². The summed E-state index contributed by atoms with van der Waals surface area (Å²) in [6.45, 7) is -0.818. The fourth-order valence-electron chi connectivity index (χ4n) is 0.887. The van der Waals surface area contributed by atoms with Crippen LogP contribution in [-0.4, -0.2) is 17.4 Å². The van der Waals surface area contributed by atoms with Gasteiger partial charge < -0.3 is 10.2 Å². The molecule has 0 bridgehead atoms. The largest absolute Gasteiger partial charge is 0.433 e. The molecule has 1 aromatic rings. The third-order valence-corrected chi connectivity index (χ3v) is 1.56. The van der Waals surface area contributed by atoms with E-state index < -0.39 is 29.7 Å². The second-order valence-electron chi connectivity index (χ2n) is 2.73. The van der Waals surface area contributed by atoms with Crippen molar-refractivity contribution < 1.29 is 18.1 Å². The van der Waals surface area contributed by atoms with Crippen molar-refractivity contribution in [3.05, 3.63) is 28.0 Å². The molecule has 0 fully saturated rings. The van der Waals surface area contributed by atoms with Gasteiger partial charge >= 0.3 is 5.88 Å². The van der Waals surface area contributed by atoms with Crippen LogP contribution in [0, 0.1) is 10.1 Å². The summed E-state index contributed by atoms with van der Waals surface area (Å²) in [5, 5.41) is 10.1. The van der Waals surface area contributed by atoms with Gasteiger partial charge in [-0.2, -0.15) is 0 Å². The van der Waals surface area contributed by atoms with Crippen molar-refractivity contribution in [3.8, 4) is 0 Å². The zero-order valence-corrected chi connectivity index (χ0v) is 7.07. The van der Waals surface area contributed by atoms with E-state index in [0.717, 1.165) is 12.1 Å². The summed E-state index contributed by atoms with van der Waals surface area (Å²) in [5.41, 5.74) is 4.80. The maximum atomic E-state index is 12.7. The van der Waals surface area contributed by atoms with Gasteiger partial charge in [0.25, 0.3) is 5.92 Å². The van der Waals surface area contributed by atoms with Crippen molar-refractivity contribution in [3.63, 3.8) is 0 Å². The van der Waals surface area contributed by atoms with Gasteiger partial charge in [-0.25, -0.2) is 8.78 Å². The molecule has 0 aliphatic carbocycles. The van der Waals surface area contributed by atoms with E-state index in [1.807, 2.05) is 0 Å². The van der Waals surface area contributed by atoms with E-state index in [1.165, 1.54) is 0 Å². The third kappa shape index (κ3) is 2.49. The van der Waals surface area contributed by atoms with Gasteiger partial charge in [0.05, 0.1) is 19.0 Å². The van der Waals surface area contributed by atoms with Crippen LogP contribution in [0.25, 0.3) is 0 Å². The Balaban J connectivity index is 2.73. The van der Waals surface area contributed by atoms with E-state index in [-0.39, 0.29) is 5.76 Å². The lowest BCUT2D eigenvalue weighted by molar-refractivity contribution is -0.402. The first-order chi connectivity index (χ1) is 6.44. The van der Waals surface area contributed by atoms with Gasteiger partial charge in [0, 0.05) is 0 Å². The molecule has 14 heavy (non-hydrogen) atoms. The van der Waals surface area contributed by atoms with Gasteiger partial charge in [-0.3, -0.25) is 10.1 Å². The average molecular weight is 206 g/mol. The lowest BCUT2D eigenvalue weighted by Crippen LogP contribution is -2.29. The topological polar surface area (TPSA) is 82.3 Å². The minimum Gasteiger partial charge on any atom is -0.406 e. The highest BCUT2D eigenvalue weighted by atomic mass is 19.3. The van der Waals surface area contributed by atoms with Crippen molar-refractivity contribution >= 4 is 5.88 Å². The number of halogens is 2. The quantitative estimate of drug-likeness (QED) is 0.595. The molecule has 5 nitrogen and oxygen atoms in total. The van der Waals surface area contributed by atoms with E-state index in [4.69, 9.17) is 5.73 Å². The monoisotopic (exact) mass is 206 g/mol. The molecule has 1 aromatic heterocycles. The number of hydrogen-bond acceptors (Lipinski definition) is 4. The lowest BCUT2D eigenvalue weighted by Gasteiger charge is -2.10. The normalized spacial score (nSPS) is 11.6. The Kier molecular flexibility index (Phi) is 2.80. The summed E-state index contributed by atoms with van der Waals surface area (Å²) in [6.07, 6.45) is -0.725. The third-order valence-electron chi connectivity index (χ3n) is 1.56. The number of hydrogen-bond donors (Lipinski definition) is 1. The van der Waals surface area contributed by atoms with Crippen molar-refractivity contribution in [1.29, 1.82) is 0 Å². The molecule has 0 aliphatic heterocycles. The molecule has 0 aliphatic rings. The molecule has 0 saturated heterocycles. The minimum absolute atomic E-state index is 0.146. The van der Waals surface area contributed by atoms with Crippen molar-refractivity contribution in [2.75, 3.05) is 6.54 Å². The Morgan fingerprint density at radius 2 is 2.21 bits per heavy atom. The molecular formula is C7H8F2N2O3. The molecule has 0 spiro atoms. The molecule has 0 aromatic carbocycles. The van der Waals surface area contributed by atoms with Crippen LogP contribution in [0.3, 0.4) is 0 Å². The van der Waals surface area contributed by atoms with Crippen molar-refractivity contribution in [2.45, 2.75) is 12.3 Å². The van der Waals surface area contributed by atoms with Crippen LogP contribution >= 0.6 is 0 Å². The zero-order valence-electron chi connectivity index (χ0n) is 7.07. The second-order valence-corrected chi connectivity index (χ2v) is 2.73. The standard InChI is InChI=1S/C7H8F2N2O3/c8-7(9,4-10)3-5-1-2-6(14-5)11(12)13/h1-2H,3-4,10H2. The number of nitro groups is 1. The molecular weight excluding hydrogens is 198 g/mol. The molecule has 7 heteroatoms. The van der Waals surface area contributed by atoms with Crippen molar-refractivity contribution in [2.24, 2.45) is 5.73 Å². The average Bonchev–Trinajstić information content (AvgIpc) is 2.52. The van der Waals surface area contributed by atoms with E-state index in [2.05, 4.69) is 4.42 Å². The highest BCUT2D eigenvalue weighted by Crippen LogP contribution is 2.23. The fraction of sp³-hybridized carbons (Fsp3) is 0.429. The summed E-state index contributed by atoms with van der Waals surface area (Å²) in [7, 11) is 0. The van der Waals surface area contributed by atoms with Crippen LogP contribution < -0.4 is 5.73 Å². The summed E-state index contributed by atoms with van der Waals surface area (Å²) in [4.78, 5) is 9.36. The molecule has 0 unspecified atom stereocenters. The molecule has 78 valence electrons. The predicted molar refractivity (Wildman–Crippen MR) is 43.1 cm³/mol. The maximum absolute atomic E-state index is 12.7. The Labute approximate surface area is 77.6 Å². The summed E-state index contributed by atoms with van der Waals surface area (Å²) in [5.74, 6) is -3.79. The van der Waals surface area contributed by atoms with Crippen LogP contribution in [0.5, 0.6) is 0 Å². The number of nitrogens with two attached hydrogens (primary N) is 1. The van der Waals surface area contributed by atoms with Crippen LogP contribution in [0.15, 0.2) is 16.5 Å². The molecule has 0 radical (unpaired) electrons. The zero-order chi connectivity index (χ0) is 10.8. The molecule has 0 saturated carbocycles. The lowest BCUT2D eigenvalue weighted by atomic mass is 10.2. The summed E-state index contributed by atoms with van der Waals surface area (Å²) in [6, 6.07) is 2.17. The van der Waals surface area contributed by atoms with Gasteiger partial charge in [0.15, 0.2) is 0 Å². The highest BCUT2D eigenvalue weighted by molar-refractivity contribution is 5.18. The Morgan fingerprint density at radius 1 is 1.57 bits per heavy atom. The summed E-state index contributed by atoms with van der Waals surface area (Å²) < 4.78 is 29.9. The van der Waals surface area contributed by atoms with E-state index in [1.54, 1.807) is 0 Å². The number of nitrogens with zero attached hydrogens (tertiary/aromatic N) is 1. The van der Waals surface area contributed by atoms with E-state index in [9.17, 15) is 18.9 Å². The molecule has 0 amide bonds. The predicted octanol–water partition coefficient (Wildman–Crippen LogP) is 1.32. The molecule has 2 N–H and O–H groups in total. The minimum atomic E-state index is -3.09. The molecule has 1 rings (SSSR count). The molecule has 0 atom stereocenters. The Morgan fingerprint density at radius 3 is 2.64 bits per heavy atom.